The number of amides is 1. The lowest BCUT2D eigenvalue weighted by Crippen LogP contribution is -2.41. The zero-order valence-corrected chi connectivity index (χ0v) is 21.3. The largest absolute Gasteiger partial charge is 0.462 e. The fourth-order valence-electron chi connectivity index (χ4n) is 4.72. The highest BCUT2D eigenvalue weighted by Crippen LogP contribution is 2.32. The van der Waals surface area contributed by atoms with Crippen molar-refractivity contribution in [2.75, 3.05) is 18.7 Å². The van der Waals surface area contributed by atoms with Crippen molar-refractivity contribution in [3.8, 4) is 11.5 Å². The summed E-state index contributed by atoms with van der Waals surface area (Å²) >= 11 is 0. The number of rotatable bonds is 7. The lowest BCUT2D eigenvalue weighted by molar-refractivity contribution is -0.116. The van der Waals surface area contributed by atoms with E-state index in [1.165, 1.54) is 10.6 Å². The molecule has 40 heavy (non-hydrogen) atoms. The van der Waals surface area contributed by atoms with Gasteiger partial charge in [0, 0.05) is 5.39 Å². The number of benzene rings is 3. The minimum atomic E-state index is -0.699. The molecule has 0 unspecified atom stereocenters. The first-order valence-corrected chi connectivity index (χ1v) is 12.5. The monoisotopic (exact) mass is 541 g/mol. The van der Waals surface area contributed by atoms with Crippen molar-refractivity contribution in [1.29, 1.82) is 0 Å². The zero-order valence-electron chi connectivity index (χ0n) is 21.3. The minimum absolute atomic E-state index is 0.0544. The quantitative estimate of drug-likeness (QED) is 0.310. The number of nitrogens with zero attached hydrogens (tertiary/aromatic N) is 2. The van der Waals surface area contributed by atoms with E-state index in [0.29, 0.717) is 28.0 Å². The first-order valence-electron chi connectivity index (χ1n) is 12.5. The Labute approximate surface area is 226 Å². The van der Waals surface area contributed by atoms with Crippen molar-refractivity contribution in [2.24, 2.45) is 0 Å². The second-order valence-electron chi connectivity index (χ2n) is 9.04. The topological polar surface area (TPSA) is 131 Å². The summed E-state index contributed by atoms with van der Waals surface area (Å²) in [6.07, 6.45) is 0. The van der Waals surface area contributed by atoms with E-state index in [-0.39, 0.29) is 42.3 Å². The number of fused-ring (bicyclic) bond motifs is 4. The summed E-state index contributed by atoms with van der Waals surface area (Å²) in [5.41, 5.74) is 0.268. The molecule has 1 aliphatic heterocycles. The molecular weight excluding hydrogens is 518 g/mol. The van der Waals surface area contributed by atoms with Gasteiger partial charge in [-0.2, -0.15) is 0 Å². The number of carbonyl (C=O) groups is 2. The Balaban J connectivity index is 1.43. The van der Waals surface area contributed by atoms with Crippen LogP contribution >= 0.6 is 0 Å². The number of furan rings is 1. The molecule has 0 bridgehead atoms. The second kappa shape index (κ2) is 10.1. The smallest absolute Gasteiger partial charge is 0.340 e. The lowest BCUT2D eigenvalue weighted by atomic mass is 10.2. The van der Waals surface area contributed by atoms with Gasteiger partial charge in [0.05, 0.1) is 24.4 Å². The molecule has 6 rings (SSSR count). The number of nitrogens with one attached hydrogen (secondary N) is 1. The van der Waals surface area contributed by atoms with Crippen LogP contribution in [0, 0.1) is 0 Å². The van der Waals surface area contributed by atoms with Crippen LogP contribution < -0.4 is 26.0 Å². The molecule has 0 radical (unpaired) electrons. The van der Waals surface area contributed by atoms with Crippen LogP contribution in [0.15, 0.2) is 80.7 Å². The third-order valence-corrected chi connectivity index (χ3v) is 6.52. The highest BCUT2D eigenvalue weighted by Gasteiger charge is 2.23. The number of hydrogen-bond donors (Lipinski definition) is 1. The van der Waals surface area contributed by atoms with Gasteiger partial charge in [-0.25, -0.2) is 9.59 Å². The molecule has 0 fully saturated rings. The van der Waals surface area contributed by atoms with Crippen molar-refractivity contribution in [3.05, 3.63) is 98.7 Å². The Hall–Kier alpha value is -5.32. The summed E-state index contributed by atoms with van der Waals surface area (Å²) < 4.78 is 24.0. The minimum Gasteiger partial charge on any atom is -0.462 e. The predicted molar refractivity (Wildman–Crippen MR) is 145 cm³/mol. The van der Waals surface area contributed by atoms with E-state index >= 15 is 0 Å². The Morgan fingerprint density at radius 2 is 1.73 bits per heavy atom. The van der Waals surface area contributed by atoms with Crippen LogP contribution in [0.5, 0.6) is 11.5 Å². The Morgan fingerprint density at radius 3 is 2.58 bits per heavy atom. The van der Waals surface area contributed by atoms with Gasteiger partial charge in [0.2, 0.25) is 18.3 Å². The third-order valence-electron chi connectivity index (χ3n) is 6.52. The van der Waals surface area contributed by atoms with Crippen LogP contribution in [0.4, 0.5) is 5.69 Å². The van der Waals surface area contributed by atoms with E-state index in [2.05, 4.69) is 5.32 Å². The fourth-order valence-corrected chi connectivity index (χ4v) is 4.72. The van der Waals surface area contributed by atoms with Gasteiger partial charge in [0.25, 0.3) is 5.56 Å². The average Bonchev–Trinajstić information content (AvgIpc) is 3.58. The van der Waals surface area contributed by atoms with Crippen LogP contribution in [-0.4, -0.2) is 34.4 Å². The number of ether oxygens (including phenoxy) is 3. The molecule has 0 saturated carbocycles. The van der Waals surface area contributed by atoms with Gasteiger partial charge in [0.15, 0.2) is 11.5 Å². The molecule has 5 aromatic rings. The van der Waals surface area contributed by atoms with E-state index in [4.69, 9.17) is 18.6 Å². The molecule has 1 amide bonds. The van der Waals surface area contributed by atoms with E-state index in [1.807, 2.05) is 0 Å². The fraction of sp³-hybridized carbons (Fsp3) is 0.172. The summed E-state index contributed by atoms with van der Waals surface area (Å²) in [6.45, 7) is 1.41. The summed E-state index contributed by atoms with van der Waals surface area (Å²) in [4.78, 5) is 53.0. The number of hydrogen-bond acceptors (Lipinski definition) is 8. The molecule has 2 aromatic heterocycles. The van der Waals surface area contributed by atoms with Crippen molar-refractivity contribution >= 4 is 39.6 Å². The van der Waals surface area contributed by atoms with Gasteiger partial charge in [-0.3, -0.25) is 18.7 Å². The van der Waals surface area contributed by atoms with Crippen molar-refractivity contribution < 1.29 is 28.2 Å². The Kier molecular flexibility index (Phi) is 6.31. The van der Waals surface area contributed by atoms with E-state index in [1.54, 1.807) is 67.6 Å². The maximum Gasteiger partial charge on any atom is 0.340 e. The standard InChI is InChI=1S/C29H23N3O8/c1-2-37-28(35)18-7-3-5-9-20(18)30-24(33)15-31-25-19-8-4-6-10-21(19)40-26(25)27(34)32(29(31)36)14-17-11-12-22-23(13-17)39-16-38-22/h3-13H,2,14-16H2,1H3,(H,30,33). The van der Waals surface area contributed by atoms with Crippen LogP contribution in [-0.2, 0) is 22.6 Å². The average molecular weight is 542 g/mol. The first kappa shape index (κ1) is 25.0. The Bertz CT molecular complexity index is 1920. The molecule has 0 aliphatic carbocycles. The number of carbonyl (C=O) groups excluding carboxylic acids is 2. The summed E-state index contributed by atoms with van der Waals surface area (Å²) in [5.74, 6) is -0.0916. The molecular formula is C29H23N3O8. The maximum absolute atomic E-state index is 13.8. The molecule has 11 nitrogen and oxygen atoms in total. The molecule has 202 valence electrons. The zero-order chi connectivity index (χ0) is 27.8. The molecule has 3 heterocycles. The number of esters is 1. The molecule has 0 spiro atoms. The molecule has 1 aliphatic rings. The summed E-state index contributed by atoms with van der Waals surface area (Å²) in [7, 11) is 0. The van der Waals surface area contributed by atoms with Crippen LogP contribution in [0.2, 0.25) is 0 Å². The number of anilines is 1. The number of para-hydroxylation sites is 2. The van der Waals surface area contributed by atoms with Crippen molar-refractivity contribution in [3.63, 3.8) is 0 Å². The third kappa shape index (κ3) is 4.37. The Morgan fingerprint density at radius 1 is 0.950 bits per heavy atom. The van der Waals surface area contributed by atoms with Crippen molar-refractivity contribution in [1.82, 2.24) is 9.13 Å². The predicted octanol–water partition coefficient (Wildman–Crippen LogP) is 3.50. The van der Waals surface area contributed by atoms with Crippen LogP contribution in [0.3, 0.4) is 0 Å². The van der Waals surface area contributed by atoms with E-state index < -0.39 is 29.7 Å². The summed E-state index contributed by atoms with van der Waals surface area (Å²) in [6, 6.07) is 18.4. The second-order valence-corrected chi connectivity index (χ2v) is 9.04. The highest BCUT2D eigenvalue weighted by atomic mass is 16.7. The summed E-state index contributed by atoms with van der Waals surface area (Å²) in [5, 5.41) is 3.21. The first-order chi connectivity index (χ1) is 19.4. The maximum atomic E-state index is 13.8. The molecule has 3 aromatic carbocycles. The van der Waals surface area contributed by atoms with Gasteiger partial charge in [-0.15, -0.1) is 0 Å². The van der Waals surface area contributed by atoms with Gasteiger partial charge in [0.1, 0.15) is 17.6 Å². The van der Waals surface area contributed by atoms with Crippen LogP contribution in [0.25, 0.3) is 22.1 Å². The number of aromatic nitrogens is 2. The molecule has 0 saturated heterocycles. The van der Waals surface area contributed by atoms with E-state index in [0.717, 1.165) is 4.57 Å². The van der Waals surface area contributed by atoms with E-state index in [9.17, 15) is 19.2 Å². The molecule has 1 N–H and O–H groups in total. The van der Waals surface area contributed by atoms with Gasteiger partial charge >= 0.3 is 11.7 Å². The van der Waals surface area contributed by atoms with Gasteiger partial charge < -0.3 is 23.9 Å². The highest BCUT2D eigenvalue weighted by molar-refractivity contribution is 6.04. The van der Waals surface area contributed by atoms with Crippen molar-refractivity contribution in [2.45, 2.75) is 20.0 Å². The van der Waals surface area contributed by atoms with Crippen LogP contribution in [0.1, 0.15) is 22.8 Å². The molecule has 0 atom stereocenters. The molecule has 11 heteroatoms. The van der Waals surface area contributed by atoms with Gasteiger partial charge in [-0.1, -0.05) is 30.3 Å². The SMILES string of the molecule is CCOC(=O)c1ccccc1NC(=O)Cn1c(=O)n(Cc2ccc3c(c2)OCO3)c(=O)c2oc3ccccc3c21. The van der Waals surface area contributed by atoms with Gasteiger partial charge in [-0.05, 0) is 48.9 Å². The normalized spacial score (nSPS) is 12.1. The lowest BCUT2D eigenvalue weighted by Gasteiger charge is -2.14.